The molecular formula is C24H24O12. The van der Waals surface area contributed by atoms with Crippen LogP contribution in [0.3, 0.4) is 0 Å². The van der Waals surface area contributed by atoms with Crippen LogP contribution >= 0.6 is 0 Å². The molecule has 0 bridgehead atoms. The summed E-state index contributed by atoms with van der Waals surface area (Å²) in [6, 6.07) is 8.71. The maximum Gasteiger partial charge on any atom is 0.339 e. The number of carboxylic acid groups (broad SMARTS) is 2. The first-order chi connectivity index (χ1) is 16.7. The van der Waals surface area contributed by atoms with Gasteiger partial charge in [-0.15, -0.1) is 0 Å². The number of phenolic OH excluding ortho intramolecular Hbond substituents is 3. The molecule has 2 aromatic rings. The first-order valence-electron chi connectivity index (χ1n) is 10.2. The van der Waals surface area contributed by atoms with E-state index in [2.05, 4.69) is 0 Å². The molecule has 36 heavy (non-hydrogen) atoms. The summed E-state index contributed by atoms with van der Waals surface area (Å²) in [5, 5.41) is 89.3. The van der Waals surface area contributed by atoms with Gasteiger partial charge in [0.1, 0.15) is 11.9 Å². The largest absolute Gasteiger partial charge is 0.508 e. The predicted octanol–water partition coefficient (Wildman–Crippen LogP) is -0.158. The Morgan fingerprint density at radius 3 is 1.94 bits per heavy atom. The Morgan fingerprint density at radius 2 is 1.42 bits per heavy atom. The van der Waals surface area contributed by atoms with Crippen LogP contribution in [0.2, 0.25) is 0 Å². The molecule has 0 unspecified atom stereocenters. The van der Waals surface area contributed by atoms with Gasteiger partial charge in [0.15, 0.2) is 29.0 Å². The number of hydrogen-bond donors (Lipinski definition) is 9. The molecule has 0 fully saturated rings. The van der Waals surface area contributed by atoms with Gasteiger partial charge in [0.2, 0.25) is 5.60 Å². The molecule has 0 aliphatic rings. The normalized spacial score (nSPS) is 16.8. The van der Waals surface area contributed by atoms with Gasteiger partial charge in [-0.3, -0.25) is 4.79 Å². The zero-order valence-corrected chi connectivity index (χ0v) is 18.5. The average molecular weight is 504 g/mol. The molecular weight excluding hydrogens is 480 g/mol. The Morgan fingerprint density at radius 1 is 0.833 bits per heavy atom. The number of carbonyl (C=O) groups is 3. The fourth-order valence-electron chi connectivity index (χ4n) is 3.26. The van der Waals surface area contributed by atoms with Gasteiger partial charge >= 0.3 is 11.9 Å². The molecule has 0 saturated carbocycles. The van der Waals surface area contributed by atoms with E-state index in [-0.39, 0.29) is 11.3 Å². The van der Waals surface area contributed by atoms with Crippen molar-refractivity contribution in [3.63, 3.8) is 0 Å². The summed E-state index contributed by atoms with van der Waals surface area (Å²) in [6.45, 7) is 0. The second-order valence-electron chi connectivity index (χ2n) is 7.80. The zero-order chi connectivity index (χ0) is 27.3. The average Bonchev–Trinajstić information content (AvgIpc) is 2.83. The minimum atomic E-state index is -3.79. The molecule has 192 valence electrons. The number of rotatable bonds is 11. The fraction of sp³-hybridized carbons (Fsp3) is 0.208. The van der Waals surface area contributed by atoms with Gasteiger partial charge in [-0.25, -0.2) is 9.59 Å². The highest BCUT2D eigenvalue weighted by Crippen LogP contribution is 2.34. The number of aliphatic carboxylic acids is 2. The minimum Gasteiger partial charge on any atom is -0.508 e. The van der Waals surface area contributed by atoms with E-state index in [9.17, 15) is 55.2 Å². The van der Waals surface area contributed by atoms with Crippen molar-refractivity contribution in [1.29, 1.82) is 0 Å². The van der Waals surface area contributed by atoms with Crippen molar-refractivity contribution in [2.24, 2.45) is 0 Å². The Bertz CT molecular complexity index is 1190. The van der Waals surface area contributed by atoms with Crippen LogP contribution in [-0.4, -0.2) is 87.1 Å². The number of aromatic hydroxyl groups is 3. The van der Waals surface area contributed by atoms with E-state index < -0.39 is 59.1 Å². The number of benzene rings is 2. The summed E-state index contributed by atoms with van der Waals surface area (Å²) in [5.41, 5.74) is -6.87. The number of ketones is 1. The van der Waals surface area contributed by atoms with Crippen molar-refractivity contribution in [3.05, 3.63) is 65.7 Å². The number of carboxylic acids is 2. The van der Waals surface area contributed by atoms with Crippen LogP contribution < -0.4 is 0 Å². The highest BCUT2D eigenvalue weighted by molar-refractivity contribution is 6.05. The summed E-state index contributed by atoms with van der Waals surface area (Å²) in [4.78, 5) is 36.3. The maximum absolute atomic E-state index is 13.0. The molecule has 0 aliphatic carbocycles. The number of aliphatic hydroxyl groups excluding tert-OH is 2. The van der Waals surface area contributed by atoms with E-state index in [4.69, 9.17) is 5.11 Å². The van der Waals surface area contributed by atoms with Crippen LogP contribution in [0.5, 0.6) is 17.2 Å². The topological polar surface area (TPSA) is 233 Å². The molecule has 9 N–H and O–H groups in total. The minimum absolute atomic E-state index is 0.0559. The maximum atomic E-state index is 13.0. The predicted molar refractivity (Wildman–Crippen MR) is 123 cm³/mol. The summed E-state index contributed by atoms with van der Waals surface area (Å²) < 4.78 is 0. The second kappa shape index (κ2) is 11.0. The Balaban J connectivity index is 2.54. The lowest BCUT2D eigenvalue weighted by molar-refractivity contribution is -0.226. The molecule has 0 amide bonds. The van der Waals surface area contributed by atoms with Crippen molar-refractivity contribution in [2.45, 2.75) is 29.8 Å². The van der Waals surface area contributed by atoms with Gasteiger partial charge in [-0.05, 0) is 41.5 Å². The van der Waals surface area contributed by atoms with Crippen LogP contribution in [0.4, 0.5) is 0 Å². The van der Waals surface area contributed by atoms with Gasteiger partial charge in [0, 0.05) is 6.42 Å². The molecule has 2 aromatic carbocycles. The van der Waals surface area contributed by atoms with Gasteiger partial charge < -0.3 is 46.0 Å². The lowest BCUT2D eigenvalue weighted by Gasteiger charge is -2.41. The van der Waals surface area contributed by atoms with Crippen LogP contribution in [0, 0.1) is 0 Å². The third-order valence-corrected chi connectivity index (χ3v) is 5.38. The van der Waals surface area contributed by atoms with Gasteiger partial charge in [-0.2, -0.15) is 0 Å². The van der Waals surface area contributed by atoms with Crippen LogP contribution in [0.1, 0.15) is 17.5 Å². The van der Waals surface area contributed by atoms with Crippen molar-refractivity contribution in [1.82, 2.24) is 0 Å². The van der Waals surface area contributed by atoms with E-state index in [1.54, 1.807) is 0 Å². The lowest BCUT2D eigenvalue weighted by Crippen LogP contribution is -2.71. The Labute approximate surface area is 203 Å². The molecule has 0 radical (unpaired) electrons. The van der Waals surface area contributed by atoms with E-state index in [0.29, 0.717) is 11.6 Å². The Hall–Kier alpha value is -4.23. The quantitative estimate of drug-likeness (QED) is 0.143. The molecule has 0 aliphatic heterocycles. The molecule has 12 nitrogen and oxygen atoms in total. The third-order valence-electron chi connectivity index (χ3n) is 5.38. The fourth-order valence-corrected chi connectivity index (χ4v) is 3.26. The number of hydrogen-bond acceptors (Lipinski definition) is 10. The van der Waals surface area contributed by atoms with Crippen molar-refractivity contribution in [2.75, 3.05) is 0 Å². The molecule has 0 saturated heterocycles. The van der Waals surface area contributed by atoms with Gasteiger partial charge in [0.25, 0.3) is 0 Å². The van der Waals surface area contributed by atoms with Crippen LogP contribution in [0.15, 0.2) is 54.6 Å². The molecule has 2 rings (SSSR count). The number of phenols is 3. The molecule has 0 spiro atoms. The summed E-state index contributed by atoms with van der Waals surface area (Å²) in [7, 11) is 0. The smallest absolute Gasteiger partial charge is 0.339 e. The van der Waals surface area contributed by atoms with Crippen molar-refractivity contribution < 1.29 is 60.3 Å². The first kappa shape index (κ1) is 28.0. The highest BCUT2D eigenvalue weighted by atomic mass is 16.5. The lowest BCUT2D eigenvalue weighted by atomic mass is 9.71. The Kier molecular flexibility index (Phi) is 8.57. The summed E-state index contributed by atoms with van der Waals surface area (Å²) in [5.74, 6) is -7.16. The number of carbonyl (C=O) groups excluding carboxylic acids is 1. The molecule has 0 aromatic heterocycles. The van der Waals surface area contributed by atoms with Gasteiger partial charge in [-0.1, -0.05) is 36.4 Å². The van der Waals surface area contributed by atoms with Crippen molar-refractivity contribution >= 4 is 29.9 Å². The third kappa shape index (κ3) is 5.70. The monoisotopic (exact) mass is 504 g/mol. The first-order valence-corrected chi connectivity index (χ1v) is 10.2. The van der Waals surface area contributed by atoms with Crippen LogP contribution in [0.25, 0.3) is 12.2 Å². The van der Waals surface area contributed by atoms with Crippen molar-refractivity contribution in [3.8, 4) is 17.2 Å². The molecule has 12 heteroatoms. The van der Waals surface area contributed by atoms with Gasteiger partial charge in [0.05, 0.1) is 0 Å². The SMILES string of the molecule is O=C(O)[C@@H](O)[C@@H](O)[C@@](O)(C(=O)/C=C/c1ccc(O)c(O)c1)[C@](O)(C/C=C/c1ccc(O)cc1)C(=O)O. The second-order valence-corrected chi connectivity index (χ2v) is 7.80. The standard InChI is InChI=1S/C24H24O12/c25-15-7-3-13(4-8-15)2-1-11-23(35,22(33)34)24(36,20(30)19(29)21(31)32)18(28)10-6-14-5-9-16(26)17(27)12-14/h1-10,12,19-20,25-27,29-30,35-36H,11H2,(H,31,32)(H,33,34)/b2-1+,10-6+/t19-,20+,23-,24-/m0/s1. The van der Waals surface area contributed by atoms with E-state index in [1.807, 2.05) is 0 Å². The summed E-state index contributed by atoms with van der Waals surface area (Å²) >= 11 is 0. The molecule has 4 atom stereocenters. The van der Waals surface area contributed by atoms with E-state index >= 15 is 0 Å². The number of aliphatic hydroxyl groups is 4. The zero-order valence-electron chi connectivity index (χ0n) is 18.5. The van der Waals surface area contributed by atoms with E-state index in [1.165, 1.54) is 36.4 Å². The van der Waals surface area contributed by atoms with Crippen LogP contribution in [-0.2, 0) is 14.4 Å². The molecule has 0 heterocycles. The summed E-state index contributed by atoms with van der Waals surface area (Å²) in [6.07, 6.45) is -3.24. The van der Waals surface area contributed by atoms with E-state index in [0.717, 1.165) is 24.3 Å². The highest BCUT2D eigenvalue weighted by Gasteiger charge is 2.64.